The molecule has 1 aromatic carbocycles. The largest absolute Gasteiger partial charge is 0.468 e. The van der Waals surface area contributed by atoms with E-state index < -0.39 is 16.8 Å². The summed E-state index contributed by atoms with van der Waals surface area (Å²) < 4.78 is 4.08. The number of amides is 2. The van der Waals surface area contributed by atoms with Crippen LogP contribution in [0.15, 0.2) is 24.3 Å². The van der Waals surface area contributed by atoms with Crippen molar-refractivity contribution < 1.29 is 19.1 Å². The van der Waals surface area contributed by atoms with E-state index >= 15 is 0 Å². The van der Waals surface area contributed by atoms with Gasteiger partial charge >= 0.3 is 5.97 Å². The van der Waals surface area contributed by atoms with Crippen molar-refractivity contribution in [1.29, 1.82) is 0 Å². The smallest absolute Gasteiger partial charge is 0.325 e. The first kappa shape index (κ1) is 15.9. The highest BCUT2D eigenvalue weighted by Gasteiger charge is 2.57. The average molecular weight is 334 g/mol. The van der Waals surface area contributed by atoms with Crippen LogP contribution in [0.4, 0.5) is 0 Å². The van der Waals surface area contributed by atoms with Gasteiger partial charge in [-0.2, -0.15) is 0 Å². The summed E-state index contributed by atoms with van der Waals surface area (Å²) in [6.45, 7) is 3.68. The van der Waals surface area contributed by atoms with Crippen molar-refractivity contribution in [1.82, 2.24) is 10.2 Å². The molecule has 2 aliphatic rings. The Morgan fingerprint density at radius 2 is 2.04 bits per heavy atom. The van der Waals surface area contributed by atoms with E-state index in [9.17, 15) is 14.4 Å². The SMILES string of the molecule is COC(=O)CNC(=O)[C@H]1N2C(=O)c3ccccc3[C@@H]2SC1(C)C. The highest BCUT2D eigenvalue weighted by atomic mass is 32.2. The minimum Gasteiger partial charge on any atom is -0.468 e. The first-order valence-electron chi connectivity index (χ1n) is 7.31. The number of hydrogen-bond acceptors (Lipinski definition) is 5. The second-order valence-corrected chi connectivity index (χ2v) is 7.80. The van der Waals surface area contributed by atoms with Crippen LogP contribution in [0, 0.1) is 0 Å². The molecule has 1 aromatic rings. The zero-order valence-electron chi connectivity index (χ0n) is 13.2. The number of nitrogens with one attached hydrogen (secondary N) is 1. The third kappa shape index (κ3) is 2.49. The van der Waals surface area contributed by atoms with Gasteiger partial charge in [0.15, 0.2) is 0 Å². The zero-order valence-corrected chi connectivity index (χ0v) is 14.0. The minimum atomic E-state index is -0.637. The van der Waals surface area contributed by atoms with E-state index in [0.29, 0.717) is 5.56 Å². The second kappa shape index (κ2) is 5.56. The number of esters is 1. The molecule has 6 nitrogen and oxygen atoms in total. The molecule has 3 rings (SSSR count). The van der Waals surface area contributed by atoms with Crippen LogP contribution in [0.2, 0.25) is 0 Å². The number of ether oxygens (including phenoxy) is 1. The molecule has 0 saturated carbocycles. The molecule has 2 atom stereocenters. The van der Waals surface area contributed by atoms with E-state index in [0.717, 1.165) is 5.56 Å². The standard InChI is InChI=1S/C16H18N2O4S/c1-16(2)12(13(20)17-8-11(19)22-3)18-14(21)9-6-4-5-7-10(9)15(18)23-16/h4-7,12,15H,8H2,1-3H3,(H,17,20)/t12-,15+/m1/s1. The molecule has 1 fully saturated rings. The number of carbonyl (C=O) groups is 3. The number of fused-ring (bicyclic) bond motifs is 3. The van der Waals surface area contributed by atoms with Gasteiger partial charge in [-0.15, -0.1) is 11.8 Å². The molecule has 23 heavy (non-hydrogen) atoms. The molecule has 122 valence electrons. The normalized spacial score (nSPS) is 24.1. The first-order valence-corrected chi connectivity index (χ1v) is 8.18. The van der Waals surface area contributed by atoms with Gasteiger partial charge in [0.1, 0.15) is 18.0 Å². The maximum absolute atomic E-state index is 12.7. The Kier molecular flexibility index (Phi) is 3.83. The lowest BCUT2D eigenvalue weighted by Gasteiger charge is -2.29. The topological polar surface area (TPSA) is 75.7 Å². The Hall–Kier alpha value is -2.02. The molecular weight excluding hydrogens is 316 g/mol. The fourth-order valence-electron chi connectivity index (χ4n) is 3.13. The fourth-order valence-corrected chi connectivity index (χ4v) is 4.72. The van der Waals surface area contributed by atoms with Crippen LogP contribution in [0.25, 0.3) is 0 Å². The van der Waals surface area contributed by atoms with E-state index in [1.165, 1.54) is 7.11 Å². The van der Waals surface area contributed by atoms with Gasteiger partial charge in [-0.1, -0.05) is 18.2 Å². The summed E-state index contributed by atoms with van der Waals surface area (Å²) in [6.07, 6.45) is 0. The maximum Gasteiger partial charge on any atom is 0.325 e. The number of carbonyl (C=O) groups excluding carboxylic acids is 3. The van der Waals surface area contributed by atoms with Gasteiger partial charge in [0.2, 0.25) is 5.91 Å². The quantitative estimate of drug-likeness (QED) is 0.844. The van der Waals surface area contributed by atoms with Crippen LogP contribution in [0.5, 0.6) is 0 Å². The van der Waals surface area contributed by atoms with Gasteiger partial charge in [0, 0.05) is 10.3 Å². The number of hydrogen-bond donors (Lipinski definition) is 1. The highest BCUT2D eigenvalue weighted by molar-refractivity contribution is 8.01. The van der Waals surface area contributed by atoms with E-state index in [2.05, 4.69) is 10.1 Å². The van der Waals surface area contributed by atoms with E-state index in [-0.39, 0.29) is 23.7 Å². The van der Waals surface area contributed by atoms with E-state index in [4.69, 9.17) is 0 Å². The second-order valence-electron chi connectivity index (χ2n) is 6.07. The Balaban J connectivity index is 1.88. The minimum absolute atomic E-state index is 0.137. The van der Waals surface area contributed by atoms with Gasteiger partial charge in [0.25, 0.3) is 5.91 Å². The van der Waals surface area contributed by atoms with Crippen LogP contribution in [0.3, 0.4) is 0 Å². The van der Waals surface area contributed by atoms with Gasteiger partial charge in [-0.25, -0.2) is 0 Å². The Bertz CT molecular complexity index is 688. The number of benzene rings is 1. The summed E-state index contributed by atoms with van der Waals surface area (Å²) in [5.41, 5.74) is 1.59. The molecule has 0 spiro atoms. The molecule has 0 bridgehead atoms. The predicted octanol–water partition coefficient (Wildman–Crippen LogP) is 1.32. The molecule has 0 radical (unpaired) electrons. The lowest BCUT2D eigenvalue weighted by atomic mass is 10.0. The average Bonchev–Trinajstić information content (AvgIpc) is 2.95. The number of methoxy groups -OCH3 is 1. The van der Waals surface area contributed by atoms with Gasteiger partial charge in [0.05, 0.1) is 7.11 Å². The van der Waals surface area contributed by atoms with Crippen LogP contribution in [-0.4, -0.2) is 47.1 Å². The van der Waals surface area contributed by atoms with Crippen molar-refractivity contribution in [3.63, 3.8) is 0 Å². The van der Waals surface area contributed by atoms with Gasteiger partial charge in [-0.3, -0.25) is 14.4 Å². The fraction of sp³-hybridized carbons (Fsp3) is 0.438. The van der Waals surface area contributed by atoms with Crippen LogP contribution in [0.1, 0.15) is 35.1 Å². The maximum atomic E-state index is 12.7. The monoisotopic (exact) mass is 334 g/mol. The van der Waals surface area contributed by atoms with Crippen molar-refractivity contribution in [3.8, 4) is 0 Å². The van der Waals surface area contributed by atoms with Crippen molar-refractivity contribution >= 4 is 29.5 Å². The Morgan fingerprint density at radius 1 is 1.35 bits per heavy atom. The first-order chi connectivity index (χ1) is 10.9. The molecular formula is C16H18N2O4S. The lowest BCUT2D eigenvalue weighted by Crippen LogP contribution is -2.53. The van der Waals surface area contributed by atoms with E-state index in [1.807, 2.05) is 32.0 Å². The molecule has 0 aromatic heterocycles. The molecule has 2 amide bonds. The highest BCUT2D eigenvalue weighted by Crippen LogP contribution is 2.56. The molecule has 2 heterocycles. The lowest BCUT2D eigenvalue weighted by molar-refractivity contribution is -0.141. The van der Waals surface area contributed by atoms with Crippen molar-refractivity contribution in [2.24, 2.45) is 0 Å². The number of nitrogens with zero attached hydrogens (tertiary/aromatic N) is 1. The number of rotatable bonds is 3. The molecule has 2 aliphatic heterocycles. The Labute approximate surface area is 138 Å². The van der Waals surface area contributed by atoms with Crippen molar-refractivity contribution in [2.75, 3.05) is 13.7 Å². The summed E-state index contributed by atoms with van der Waals surface area (Å²) >= 11 is 1.59. The summed E-state index contributed by atoms with van der Waals surface area (Å²) in [5.74, 6) is -0.993. The molecule has 1 saturated heterocycles. The summed E-state index contributed by atoms with van der Waals surface area (Å²) in [7, 11) is 1.26. The third-order valence-electron chi connectivity index (χ3n) is 4.18. The predicted molar refractivity (Wildman–Crippen MR) is 85.8 cm³/mol. The van der Waals surface area contributed by atoms with Crippen molar-refractivity contribution in [3.05, 3.63) is 35.4 Å². The van der Waals surface area contributed by atoms with Gasteiger partial charge in [-0.05, 0) is 25.5 Å². The number of thioether (sulfide) groups is 1. The molecule has 0 aliphatic carbocycles. The Morgan fingerprint density at radius 3 is 2.74 bits per heavy atom. The summed E-state index contributed by atoms with van der Waals surface area (Å²) in [5, 5.41) is 2.41. The summed E-state index contributed by atoms with van der Waals surface area (Å²) in [6, 6.07) is 6.79. The van der Waals surface area contributed by atoms with Crippen molar-refractivity contribution in [2.45, 2.75) is 30.0 Å². The summed E-state index contributed by atoms with van der Waals surface area (Å²) in [4.78, 5) is 38.2. The van der Waals surface area contributed by atoms with E-state index in [1.54, 1.807) is 22.7 Å². The van der Waals surface area contributed by atoms with Crippen LogP contribution < -0.4 is 5.32 Å². The van der Waals surface area contributed by atoms with Crippen LogP contribution >= 0.6 is 11.8 Å². The molecule has 7 heteroatoms. The molecule has 1 N–H and O–H groups in total. The molecule has 0 unspecified atom stereocenters. The van der Waals surface area contributed by atoms with Gasteiger partial charge < -0.3 is 15.0 Å². The van der Waals surface area contributed by atoms with Crippen LogP contribution in [-0.2, 0) is 14.3 Å². The third-order valence-corrected chi connectivity index (χ3v) is 5.71. The zero-order chi connectivity index (χ0) is 16.8.